The number of benzene rings is 2. The lowest BCUT2D eigenvalue weighted by atomic mass is 9.97. The second kappa shape index (κ2) is 7.95. The Morgan fingerprint density at radius 1 is 1.16 bits per heavy atom. The molecule has 1 amide bonds. The van der Waals surface area contributed by atoms with E-state index in [2.05, 4.69) is 34.6 Å². The van der Waals surface area contributed by atoms with E-state index >= 15 is 0 Å². The van der Waals surface area contributed by atoms with E-state index in [0.29, 0.717) is 20.7 Å². The van der Waals surface area contributed by atoms with E-state index in [-0.39, 0.29) is 11.8 Å². The molecule has 1 heterocycles. The average molecular weight is 392 g/mol. The normalized spacial score (nSPS) is 12.0. The van der Waals surface area contributed by atoms with Crippen LogP contribution in [-0.2, 0) is 0 Å². The van der Waals surface area contributed by atoms with Crippen molar-refractivity contribution in [3.63, 3.8) is 0 Å². The Balaban J connectivity index is 1.78. The van der Waals surface area contributed by atoms with Crippen LogP contribution in [0.3, 0.4) is 0 Å². The molecule has 0 aliphatic rings. The van der Waals surface area contributed by atoms with Crippen LogP contribution in [-0.4, -0.2) is 16.1 Å². The van der Waals surface area contributed by atoms with Gasteiger partial charge in [0.25, 0.3) is 5.91 Å². The van der Waals surface area contributed by atoms with Crippen molar-refractivity contribution in [3.05, 3.63) is 74.7 Å². The first kappa shape index (κ1) is 17.9. The summed E-state index contributed by atoms with van der Waals surface area (Å²) in [6.45, 7) is 2.10. The van der Waals surface area contributed by atoms with E-state index < -0.39 is 0 Å². The fraction of sp³-hybridized carbons (Fsp3) is 0.167. The summed E-state index contributed by atoms with van der Waals surface area (Å²) in [6, 6.07) is 14.9. The van der Waals surface area contributed by atoms with Gasteiger partial charge in [-0.1, -0.05) is 71.8 Å². The van der Waals surface area contributed by atoms with Crippen LogP contribution in [0.4, 0.5) is 5.13 Å². The van der Waals surface area contributed by atoms with Gasteiger partial charge < -0.3 is 0 Å². The van der Waals surface area contributed by atoms with Crippen molar-refractivity contribution < 1.29 is 4.79 Å². The first-order valence-electron chi connectivity index (χ1n) is 7.73. The molecule has 0 aliphatic heterocycles. The highest BCUT2D eigenvalue weighted by molar-refractivity contribution is 7.15. The van der Waals surface area contributed by atoms with Crippen LogP contribution >= 0.6 is 34.5 Å². The van der Waals surface area contributed by atoms with Crippen LogP contribution in [0.25, 0.3) is 0 Å². The summed E-state index contributed by atoms with van der Waals surface area (Å²) < 4.78 is 0. The summed E-state index contributed by atoms with van der Waals surface area (Å²) in [7, 11) is 0. The second-order valence-corrected chi connectivity index (χ2v) is 7.25. The number of hydrogen-bond donors (Lipinski definition) is 1. The van der Waals surface area contributed by atoms with Gasteiger partial charge in [0.2, 0.25) is 5.13 Å². The molecule has 0 radical (unpaired) electrons. The maximum Gasteiger partial charge on any atom is 0.259 e. The van der Waals surface area contributed by atoms with E-state index in [4.69, 9.17) is 23.2 Å². The minimum Gasteiger partial charge on any atom is -0.296 e. The highest BCUT2D eigenvalue weighted by atomic mass is 35.5. The van der Waals surface area contributed by atoms with Gasteiger partial charge in [0.15, 0.2) is 0 Å². The predicted octanol–water partition coefficient (Wildman–Crippen LogP) is 5.64. The first-order chi connectivity index (χ1) is 12.1. The van der Waals surface area contributed by atoms with Crippen molar-refractivity contribution in [1.29, 1.82) is 0 Å². The van der Waals surface area contributed by atoms with Crippen LogP contribution in [0.5, 0.6) is 0 Å². The lowest BCUT2D eigenvalue weighted by Crippen LogP contribution is -2.12. The molecule has 0 saturated heterocycles. The van der Waals surface area contributed by atoms with E-state index in [0.717, 1.165) is 11.4 Å². The highest BCUT2D eigenvalue weighted by Crippen LogP contribution is 2.32. The minimum atomic E-state index is -0.336. The minimum absolute atomic E-state index is 0.156. The van der Waals surface area contributed by atoms with Crippen LogP contribution < -0.4 is 5.32 Å². The van der Waals surface area contributed by atoms with Crippen molar-refractivity contribution in [2.24, 2.45) is 0 Å². The monoisotopic (exact) mass is 391 g/mol. The molecule has 1 N–H and O–H groups in total. The Morgan fingerprint density at radius 2 is 1.92 bits per heavy atom. The van der Waals surface area contributed by atoms with E-state index in [1.54, 1.807) is 12.1 Å². The molecule has 0 bridgehead atoms. The molecule has 0 fully saturated rings. The van der Waals surface area contributed by atoms with Gasteiger partial charge in [-0.3, -0.25) is 10.1 Å². The third kappa shape index (κ3) is 4.18. The molecule has 0 spiro atoms. The third-order valence-electron chi connectivity index (χ3n) is 3.75. The van der Waals surface area contributed by atoms with Crippen molar-refractivity contribution in [1.82, 2.24) is 10.2 Å². The van der Waals surface area contributed by atoms with Crippen molar-refractivity contribution in [2.45, 2.75) is 19.3 Å². The van der Waals surface area contributed by atoms with Gasteiger partial charge in [-0.2, -0.15) is 0 Å². The summed E-state index contributed by atoms with van der Waals surface area (Å²) in [4.78, 5) is 12.4. The number of amides is 1. The fourth-order valence-corrected chi connectivity index (χ4v) is 3.95. The summed E-state index contributed by atoms with van der Waals surface area (Å²) >= 11 is 13.3. The Kier molecular flexibility index (Phi) is 5.68. The maximum absolute atomic E-state index is 12.4. The van der Waals surface area contributed by atoms with Crippen LogP contribution in [0.1, 0.15) is 40.2 Å². The molecule has 1 aromatic heterocycles. The van der Waals surface area contributed by atoms with Crippen LogP contribution in [0, 0.1) is 0 Å². The standard InChI is InChI=1S/C18H15Cl2N3OS/c1-2-13(11-6-4-3-5-7-11)17-22-23-18(25-17)21-16(24)14-9-8-12(19)10-15(14)20/h3-10,13H,2H2,1H3,(H,21,23,24)/t13-/m1/s1. The zero-order valence-electron chi connectivity index (χ0n) is 13.4. The van der Waals surface area contributed by atoms with Gasteiger partial charge in [-0.15, -0.1) is 10.2 Å². The fourth-order valence-electron chi connectivity index (χ4n) is 2.50. The number of nitrogens with one attached hydrogen (secondary N) is 1. The van der Waals surface area contributed by atoms with Gasteiger partial charge in [0.1, 0.15) is 5.01 Å². The predicted molar refractivity (Wildman–Crippen MR) is 103 cm³/mol. The van der Waals surface area contributed by atoms with Gasteiger partial charge in [0.05, 0.1) is 10.6 Å². The number of aromatic nitrogens is 2. The number of nitrogens with zero attached hydrogens (tertiary/aromatic N) is 2. The van der Waals surface area contributed by atoms with Crippen LogP contribution in [0.15, 0.2) is 48.5 Å². The topological polar surface area (TPSA) is 54.9 Å². The number of carbonyl (C=O) groups excluding carboxylic acids is 1. The Hall–Kier alpha value is -1.95. The van der Waals surface area contributed by atoms with Gasteiger partial charge in [-0.05, 0) is 30.2 Å². The average Bonchev–Trinajstić information content (AvgIpc) is 3.04. The second-order valence-electron chi connectivity index (χ2n) is 5.40. The molecule has 1 atom stereocenters. The van der Waals surface area contributed by atoms with Crippen molar-refractivity contribution in [3.8, 4) is 0 Å². The molecule has 7 heteroatoms. The van der Waals surface area contributed by atoms with Crippen molar-refractivity contribution >= 4 is 45.6 Å². The molecule has 3 rings (SSSR count). The lowest BCUT2D eigenvalue weighted by molar-refractivity contribution is 0.102. The molecule has 128 valence electrons. The molecule has 3 aromatic rings. The zero-order chi connectivity index (χ0) is 17.8. The summed E-state index contributed by atoms with van der Waals surface area (Å²) in [5.41, 5.74) is 1.53. The number of rotatable bonds is 5. The molecule has 2 aromatic carbocycles. The molecular formula is C18H15Cl2N3OS. The molecule has 4 nitrogen and oxygen atoms in total. The van der Waals surface area contributed by atoms with Crippen LogP contribution in [0.2, 0.25) is 10.0 Å². The third-order valence-corrected chi connectivity index (χ3v) is 5.25. The SMILES string of the molecule is CC[C@H](c1ccccc1)c1nnc(NC(=O)c2ccc(Cl)cc2Cl)s1. The van der Waals surface area contributed by atoms with Gasteiger partial charge in [0, 0.05) is 10.9 Å². The Morgan fingerprint density at radius 3 is 2.60 bits per heavy atom. The molecule has 25 heavy (non-hydrogen) atoms. The van der Waals surface area contributed by atoms with Gasteiger partial charge >= 0.3 is 0 Å². The molecular weight excluding hydrogens is 377 g/mol. The summed E-state index contributed by atoms with van der Waals surface area (Å²) in [5, 5.41) is 13.2. The van der Waals surface area contributed by atoms with E-state index in [1.807, 2.05) is 18.2 Å². The first-order valence-corrected chi connectivity index (χ1v) is 9.30. The number of hydrogen-bond acceptors (Lipinski definition) is 4. The largest absolute Gasteiger partial charge is 0.296 e. The van der Waals surface area contributed by atoms with Gasteiger partial charge in [-0.25, -0.2) is 0 Å². The highest BCUT2D eigenvalue weighted by Gasteiger charge is 2.19. The lowest BCUT2D eigenvalue weighted by Gasteiger charge is -2.11. The van der Waals surface area contributed by atoms with Crippen molar-refractivity contribution in [2.75, 3.05) is 5.32 Å². The summed E-state index contributed by atoms with van der Waals surface area (Å²) in [5.74, 6) is -0.180. The van der Waals surface area contributed by atoms with E-state index in [9.17, 15) is 4.79 Å². The number of carbonyl (C=O) groups is 1. The number of anilines is 1. The molecule has 0 saturated carbocycles. The zero-order valence-corrected chi connectivity index (χ0v) is 15.7. The summed E-state index contributed by atoms with van der Waals surface area (Å²) in [6.07, 6.45) is 0.898. The Bertz CT molecular complexity index is 883. The Labute approximate surface area is 159 Å². The van der Waals surface area contributed by atoms with E-state index in [1.165, 1.54) is 23.0 Å². The maximum atomic E-state index is 12.4. The molecule has 0 aliphatic carbocycles. The smallest absolute Gasteiger partial charge is 0.259 e. The quantitative estimate of drug-likeness (QED) is 0.611. The molecule has 0 unspecified atom stereocenters. The number of halogens is 2.